The normalized spacial score (nSPS) is 10.8. The smallest absolute Gasteiger partial charge is 0.244 e. The molecule has 0 aliphatic heterocycles. The van der Waals surface area contributed by atoms with Crippen molar-refractivity contribution in [3.63, 3.8) is 0 Å². The van der Waals surface area contributed by atoms with Crippen LogP contribution in [0.3, 0.4) is 0 Å². The molecule has 0 radical (unpaired) electrons. The number of hydrogen-bond donors (Lipinski definition) is 1. The van der Waals surface area contributed by atoms with Crippen LogP contribution in [-0.4, -0.2) is 53.8 Å². The van der Waals surface area contributed by atoms with E-state index >= 15 is 0 Å². The van der Waals surface area contributed by atoms with E-state index in [1.165, 1.54) is 5.56 Å². The van der Waals surface area contributed by atoms with E-state index in [0.717, 1.165) is 38.4 Å². The van der Waals surface area contributed by atoms with Gasteiger partial charge < -0.3 is 15.1 Å². The maximum atomic E-state index is 4.58. The molecule has 0 spiro atoms. The molecular weight excluding hydrogens is 288 g/mol. The zero-order valence-electron chi connectivity index (χ0n) is 14.2. The van der Waals surface area contributed by atoms with Gasteiger partial charge in [-0.05, 0) is 39.5 Å². The Morgan fingerprint density at radius 1 is 1.13 bits per heavy atom. The van der Waals surface area contributed by atoms with Crippen LogP contribution in [0.25, 0.3) is 0 Å². The minimum Gasteiger partial charge on any atom is -0.353 e. The summed E-state index contributed by atoms with van der Waals surface area (Å²) in [5.41, 5.74) is 1.26. The molecular formula is C17H26N6. The van der Waals surface area contributed by atoms with E-state index in [1.54, 1.807) is 6.20 Å². The van der Waals surface area contributed by atoms with E-state index in [0.29, 0.717) is 5.95 Å². The summed E-state index contributed by atoms with van der Waals surface area (Å²) in [5, 5.41) is 11.4. The molecule has 0 aliphatic carbocycles. The summed E-state index contributed by atoms with van der Waals surface area (Å²) in [6.45, 7) is 5.68. The van der Waals surface area contributed by atoms with E-state index in [1.807, 2.05) is 6.07 Å². The Balaban J connectivity index is 1.96. The van der Waals surface area contributed by atoms with Gasteiger partial charge in [-0.3, -0.25) is 0 Å². The second-order valence-corrected chi connectivity index (χ2v) is 5.72. The first-order valence-corrected chi connectivity index (χ1v) is 8.06. The van der Waals surface area contributed by atoms with E-state index in [-0.39, 0.29) is 0 Å². The van der Waals surface area contributed by atoms with Gasteiger partial charge in [-0.1, -0.05) is 30.3 Å². The molecule has 0 fully saturated rings. The summed E-state index contributed by atoms with van der Waals surface area (Å²) in [6, 6.07) is 10.4. The van der Waals surface area contributed by atoms with Crippen LogP contribution in [0.4, 0.5) is 11.8 Å². The predicted molar refractivity (Wildman–Crippen MR) is 94.7 cm³/mol. The summed E-state index contributed by atoms with van der Waals surface area (Å²) in [4.78, 5) is 8.94. The fraction of sp³-hybridized carbons (Fsp3) is 0.471. The summed E-state index contributed by atoms with van der Waals surface area (Å²) < 4.78 is 0. The first kappa shape index (κ1) is 17.1. The van der Waals surface area contributed by atoms with Crippen molar-refractivity contribution in [3.8, 4) is 0 Å². The van der Waals surface area contributed by atoms with Crippen molar-refractivity contribution in [2.24, 2.45) is 0 Å². The molecule has 23 heavy (non-hydrogen) atoms. The zero-order chi connectivity index (χ0) is 16.5. The summed E-state index contributed by atoms with van der Waals surface area (Å²) >= 11 is 0. The van der Waals surface area contributed by atoms with Crippen molar-refractivity contribution in [2.45, 2.75) is 19.9 Å². The third-order valence-electron chi connectivity index (χ3n) is 3.53. The van der Waals surface area contributed by atoms with Crippen LogP contribution >= 0.6 is 0 Å². The first-order chi connectivity index (χ1) is 11.2. The molecule has 6 nitrogen and oxygen atoms in total. The van der Waals surface area contributed by atoms with Crippen LogP contribution in [0.15, 0.2) is 36.5 Å². The monoisotopic (exact) mass is 314 g/mol. The minimum atomic E-state index is 0.591. The third-order valence-corrected chi connectivity index (χ3v) is 3.53. The Kier molecular flexibility index (Phi) is 6.75. The molecule has 2 rings (SSSR count). The van der Waals surface area contributed by atoms with Crippen LogP contribution in [0.5, 0.6) is 0 Å². The quantitative estimate of drug-likeness (QED) is 0.717. The van der Waals surface area contributed by atoms with Crippen LogP contribution in [-0.2, 0) is 6.54 Å². The highest BCUT2D eigenvalue weighted by molar-refractivity contribution is 5.41. The Hall–Kier alpha value is -2.21. The molecule has 1 heterocycles. The fourth-order valence-corrected chi connectivity index (χ4v) is 2.28. The number of hydrogen-bond acceptors (Lipinski definition) is 6. The zero-order valence-corrected chi connectivity index (χ0v) is 14.2. The van der Waals surface area contributed by atoms with Gasteiger partial charge in [0.2, 0.25) is 5.95 Å². The van der Waals surface area contributed by atoms with Gasteiger partial charge in [-0.25, -0.2) is 0 Å². The Bertz CT molecular complexity index is 572. The summed E-state index contributed by atoms with van der Waals surface area (Å²) in [7, 11) is 4.14. The molecule has 1 aromatic heterocycles. The molecule has 0 unspecified atom stereocenters. The average molecular weight is 314 g/mol. The standard InChI is InChI=1S/C17H26N6/c1-4-23(14-15-9-6-5-7-10-15)16-13-19-21-17(20-16)18-11-8-12-22(2)3/h5-7,9-10,13H,4,8,11-12,14H2,1-3H3,(H,18,20,21). The lowest BCUT2D eigenvalue weighted by Crippen LogP contribution is -2.24. The van der Waals surface area contributed by atoms with Crippen molar-refractivity contribution in [2.75, 3.05) is 43.9 Å². The fourth-order valence-electron chi connectivity index (χ4n) is 2.28. The maximum absolute atomic E-state index is 4.58. The minimum absolute atomic E-state index is 0.591. The largest absolute Gasteiger partial charge is 0.353 e. The van der Waals surface area contributed by atoms with Gasteiger partial charge in [0.1, 0.15) is 0 Å². The number of anilines is 2. The molecule has 0 bridgehead atoms. The summed E-state index contributed by atoms with van der Waals surface area (Å²) in [6.07, 6.45) is 2.76. The number of aromatic nitrogens is 3. The van der Waals surface area contributed by atoms with Gasteiger partial charge in [0.25, 0.3) is 0 Å². The van der Waals surface area contributed by atoms with E-state index in [9.17, 15) is 0 Å². The molecule has 0 aliphatic rings. The topological polar surface area (TPSA) is 57.2 Å². The van der Waals surface area contributed by atoms with Gasteiger partial charge in [-0.15, -0.1) is 5.10 Å². The van der Waals surface area contributed by atoms with Crippen LogP contribution < -0.4 is 10.2 Å². The number of rotatable bonds is 9. The van der Waals surface area contributed by atoms with E-state index in [2.05, 4.69) is 75.6 Å². The molecule has 0 saturated heterocycles. The highest BCUT2D eigenvalue weighted by Gasteiger charge is 2.09. The lowest BCUT2D eigenvalue weighted by atomic mass is 10.2. The van der Waals surface area contributed by atoms with Gasteiger partial charge in [0.15, 0.2) is 5.82 Å². The second kappa shape index (κ2) is 9.05. The van der Waals surface area contributed by atoms with E-state index < -0.39 is 0 Å². The van der Waals surface area contributed by atoms with Crippen molar-refractivity contribution in [3.05, 3.63) is 42.1 Å². The van der Waals surface area contributed by atoms with Crippen LogP contribution in [0.2, 0.25) is 0 Å². The van der Waals surface area contributed by atoms with Gasteiger partial charge >= 0.3 is 0 Å². The first-order valence-electron chi connectivity index (χ1n) is 8.06. The van der Waals surface area contributed by atoms with E-state index in [4.69, 9.17) is 0 Å². The molecule has 0 amide bonds. The van der Waals surface area contributed by atoms with Gasteiger partial charge in [0.05, 0.1) is 6.20 Å². The highest BCUT2D eigenvalue weighted by Crippen LogP contribution is 2.14. The number of nitrogens with zero attached hydrogens (tertiary/aromatic N) is 5. The molecule has 2 aromatic rings. The summed E-state index contributed by atoms with van der Waals surface area (Å²) in [5.74, 6) is 1.44. The third kappa shape index (κ3) is 5.83. The van der Waals surface area contributed by atoms with Gasteiger partial charge in [-0.2, -0.15) is 10.1 Å². The van der Waals surface area contributed by atoms with Crippen LogP contribution in [0, 0.1) is 0 Å². The van der Waals surface area contributed by atoms with Crippen molar-refractivity contribution < 1.29 is 0 Å². The Morgan fingerprint density at radius 3 is 2.61 bits per heavy atom. The molecule has 124 valence electrons. The highest BCUT2D eigenvalue weighted by atomic mass is 15.3. The van der Waals surface area contributed by atoms with Crippen molar-refractivity contribution >= 4 is 11.8 Å². The number of benzene rings is 1. The van der Waals surface area contributed by atoms with Crippen molar-refractivity contribution in [1.82, 2.24) is 20.1 Å². The van der Waals surface area contributed by atoms with Crippen molar-refractivity contribution in [1.29, 1.82) is 0 Å². The average Bonchev–Trinajstić information content (AvgIpc) is 2.57. The van der Waals surface area contributed by atoms with Crippen LogP contribution in [0.1, 0.15) is 18.9 Å². The lowest BCUT2D eigenvalue weighted by molar-refractivity contribution is 0.405. The van der Waals surface area contributed by atoms with Gasteiger partial charge in [0, 0.05) is 19.6 Å². The number of nitrogens with one attached hydrogen (secondary N) is 1. The molecule has 0 saturated carbocycles. The molecule has 0 atom stereocenters. The molecule has 6 heteroatoms. The second-order valence-electron chi connectivity index (χ2n) is 5.72. The predicted octanol–water partition coefficient (Wildman–Crippen LogP) is 2.26. The lowest BCUT2D eigenvalue weighted by Gasteiger charge is -2.21. The Morgan fingerprint density at radius 2 is 1.91 bits per heavy atom. The SMILES string of the molecule is CCN(Cc1ccccc1)c1cnnc(NCCCN(C)C)n1. The molecule has 1 N–H and O–H groups in total. The molecule has 1 aromatic carbocycles. The Labute approximate surface area is 138 Å². The maximum Gasteiger partial charge on any atom is 0.244 e.